The third-order valence-corrected chi connectivity index (χ3v) is 5.81. The molecule has 0 radical (unpaired) electrons. The number of hydrogen-bond donors (Lipinski definition) is 4. The number of urea groups is 1. The van der Waals surface area contributed by atoms with Crippen LogP contribution in [-0.4, -0.2) is 31.7 Å². The van der Waals surface area contributed by atoms with Crippen LogP contribution in [0.3, 0.4) is 0 Å². The highest BCUT2D eigenvalue weighted by atomic mass is 32.2. The molecule has 10 heteroatoms. The third kappa shape index (κ3) is 4.02. The molecule has 0 unspecified atom stereocenters. The Labute approximate surface area is 150 Å². The molecule has 1 aliphatic rings. The van der Waals surface area contributed by atoms with Gasteiger partial charge in [0, 0.05) is 23.4 Å². The number of aromatic amines is 1. The number of aromatic nitrogens is 2. The predicted octanol–water partition coefficient (Wildman–Crippen LogP) is 2.76. The lowest BCUT2D eigenvalue weighted by molar-refractivity contribution is 0.262. The van der Waals surface area contributed by atoms with Gasteiger partial charge in [-0.25, -0.2) is 22.3 Å². The van der Waals surface area contributed by atoms with Crippen molar-refractivity contribution in [2.24, 2.45) is 0 Å². The fourth-order valence-corrected chi connectivity index (χ4v) is 3.85. The van der Waals surface area contributed by atoms with Gasteiger partial charge in [0.2, 0.25) is 10.0 Å². The van der Waals surface area contributed by atoms with Crippen LogP contribution >= 0.6 is 0 Å². The lowest BCUT2D eigenvalue weighted by Crippen LogP contribution is -2.22. The minimum absolute atomic E-state index is 0.143. The van der Waals surface area contributed by atoms with E-state index in [9.17, 15) is 17.6 Å². The molecule has 1 aromatic heterocycles. The van der Waals surface area contributed by atoms with Gasteiger partial charge in [-0.05, 0) is 38.1 Å². The molecule has 3 rings (SSSR count). The standard InChI is InChI=1S/C16H20FN5O3S/c1-18-26(24,25)14-8-11(6-7-12(14)17)19-16(23)20-15-9-13(21-22-15)10-4-2-3-5-10/h6-10,18H,2-5H2,1H3,(H3,19,20,21,22,23). The van der Waals surface area contributed by atoms with E-state index in [0.29, 0.717) is 11.7 Å². The molecule has 1 fully saturated rings. The highest BCUT2D eigenvalue weighted by molar-refractivity contribution is 7.89. The molecule has 1 aromatic carbocycles. The van der Waals surface area contributed by atoms with Gasteiger partial charge in [0.25, 0.3) is 0 Å². The molecule has 0 spiro atoms. The van der Waals surface area contributed by atoms with Gasteiger partial charge in [-0.3, -0.25) is 10.4 Å². The number of rotatable bonds is 5. The fraction of sp³-hybridized carbons (Fsp3) is 0.375. The van der Waals surface area contributed by atoms with Crippen molar-refractivity contribution in [3.63, 3.8) is 0 Å². The van der Waals surface area contributed by atoms with Crippen LogP contribution in [0.5, 0.6) is 0 Å². The molecule has 0 bridgehead atoms. The minimum Gasteiger partial charge on any atom is -0.308 e. The summed E-state index contributed by atoms with van der Waals surface area (Å²) in [5.41, 5.74) is 1.13. The van der Waals surface area contributed by atoms with Crippen molar-refractivity contribution in [2.45, 2.75) is 36.5 Å². The Kier molecular flexibility index (Phi) is 5.23. The number of benzene rings is 1. The zero-order chi connectivity index (χ0) is 18.7. The van der Waals surface area contributed by atoms with E-state index < -0.39 is 26.8 Å². The minimum atomic E-state index is -3.97. The molecule has 0 saturated heterocycles. The summed E-state index contributed by atoms with van der Waals surface area (Å²) in [4.78, 5) is 11.6. The van der Waals surface area contributed by atoms with Crippen molar-refractivity contribution in [3.8, 4) is 0 Å². The molecule has 0 aliphatic heterocycles. The first-order valence-corrected chi connectivity index (χ1v) is 9.74. The van der Waals surface area contributed by atoms with E-state index in [0.717, 1.165) is 30.7 Å². The van der Waals surface area contributed by atoms with Crippen LogP contribution in [-0.2, 0) is 10.0 Å². The van der Waals surface area contributed by atoms with Gasteiger partial charge >= 0.3 is 6.03 Å². The molecule has 4 N–H and O–H groups in total. The van der Waals surface area contributed by atoms with Crippen molar-refractivity contribution in [1.82, 2.24) is 14.9 Å². The van der Waals surface area contributed by atoms with Crippen molar-refractivity contribution in [1.29, 1.82) is 0 Å². The summed E-state index contributed by atoms with van der Waals surface area (Å²) in [5, 5.41) is 12.0. The van der Waals surface area contributed by atoms with Crippen LogP contribution in [0.2, 0.25) is 0 Å². The van der Waals surface area contributed by atoms with Gasteiger partial charge in [0.1, 0.15) is 10.7 Å². The highest BCUT2D eigenvalue weighted by Crippen LogP contribution is 2.33. The quantitative estimate of drug-likeness (QED) is 0.637. The average Bonchev–Trinajstić information content (AvgIpc) is 3.27. The Balaban J connectivity index is 1.68. The maximum absolute atomic E-state index is 13.7. The Morgan fingerprint density at radius 2 is 1.96 bits per heavy atom. The van der Waals surface area contributed by atoms with Gasteiger partial charge in [0.05, 0.1) is 0 Å². The van der Waals surface area contributed by atoms with Crippen LogP contribution in [0.4, 0.5) is 20.7 Å². The van der Waals surface area contributed by atoms with Crippen LogP contribution in [0.1, 0.15) is 37.3 Å². The Bertz CT molecular complexity index is 906. The monoisotopic (exact) mass is 381 g/mol. The van der Waals surface area contributed by atoms with E-state index in [1.165, 1.54) is 26.0 Å². The lowest BCUT2D eigenvalue weighted by Gasteiger charge is -2.09. The van der Waals surface area contributed by atoms with Gasteiger partial charge in [-0.2, -0.15) is 5.10 Å². The molecule has 1 saturated carbocycles. The predicted molar refractivity (Wildman–Crippen MR) is 95.1 cm³/mol. The molecule has 140 valence electrons. The van der Waals surface area contributed by atoms with E-state index in [2.05, 4.69) is 20.8 Å². The number of H-pyrrole nitrogens is 1. The van der Waals surface area contributed by atoms with Crippen LogP contribution in [0, 0.1) is 5.82 Å². The number of nitrogens with one attached hydrogen (secondary N) is 4. The smallest absolute Gasteiger partial charge is 0.308 e. The molecule has 8 nitrogen and oxygen atoms in total. The summed E-state index contributed by atoms with van der Waals surface area (Å²) in [6, 6.07) is 4.49. The Morgan fingerprint density at radius 3 is 2.65 bits per heavy atom. The summed E-state index contributed by atoms with van der Waals surface area (Å²) in [7, 11) is -2.78. The molecule has 26 heavy (non-hydrogen) atoms. The molecular weight excluding hydrogens is 361 g/mol. The zero-order valence-corrected chi connectivity index (χ0v) is 15.0. The van der Waals surface area contributed by atoms with E-state index in [1.807, 2.05) is 4.72 Å². The molecule has 0 atom stereocenters. The normalized spacial score (nSPS) is 15.2. The van der Waals surface area contributed by atoms with Crippen LogP contribution < -0.4 is 15.4 Å². The first-order chi connectivity index (χ1) is 12.4. The summed E-state index contributed by atoms with van der Waals surface area (Å²) < 4.78 is 39.3. The van der Waals surface area contributed by atoms with E-state index in [-0.39, 0.29) is 5.69 Å². The summed E-state index contributed by atoms with van der Waals surface area (Å²) in [6.45, 7) is 0. The van der Waals surface area contributed by atoms with Crippen molar-refractivity contribution in [2.75, 3.05) is 17.7 Å². The number of halogens is 1. The Morgan fingerprint density at radius 1 is 1.23 bits per heavy atom. The summed E-state index contributed by atoms with van der Waals surface area (Å²) in [5.74, 6) is -0.0964. The summed E-state index contributed by atoms with van der Waals surface area (Å²) >= 11 is 0. The van der Waals surface area contributed by atoms with Crippen molar-refractivity contribution in [3.05, 3.63) is 35.8 Å². The second-order valence-electron chi connectivity index (χ2n) is 6.12. The van der Waals surface area contributed by atoms with Crippen molar-refractivity contribution < 1.29 is 17.6 Å². The maximum atomic E-state index is 13.7. The van der Waals surface area contributed by atoms with Crippen LogP contribution in [0.25, 0.3) is 0 Å². The fourth-order valence-electron chi connectivity index (χ4n) is 3.02. The maximum Gasteiger partial charge on any atom is 0.324 e. The Hall–Kier alpha value is -2.46. The number of anilines is 2. The highest BCUT2D eigenvalue weighted by Gasteiger charge is 2.20. The number of carbonyl (C=O) groups is 1. The average molecular weight is 381 g/mol. The number of amides is 2. The van der Waals surface area contributed by atoms with E-state index >= 15 is 0 Å². The van der Waals surface area contributed by atoms with E-state index in [4.69, 9.17) is 0 Å². The molecule has 2 amide bonds. The van der Waals surface area contributed by atoms with Crippen molar-refractivity contribution >= 4 is 27.6 Å². The van der Waals surface area contributed by atoms with Gasteiger partial charge in [-0.1, -0.05) is 12.8 Å². The summed E-state index contributed by atoms with van der Waals surface area (Å²) in [6.07, 6.45) is 4.59. The molecule has 1 aliphatic carbocycles. The van der Waals surface area contributed by atoms with Gasteiger partial charge < -0.3 is 5.32 Å². The first kappa shape index (κ1) is 18.3. The number of nitrogens with zero attached hydrogens (tertiary/aromatic N) is 1. The second kappa shape index (κ2) is 7.42. The number of hydrogen-bond acceptors (Lipinski definition) is 4. The topological polar surface area (TPSA) is 116 Å². The number of sulfonamides is 1. The van der Waals surface area contributed by atoms with Gasteiger partial charge in [-0.15, -0.1) is 0 Å². The molecular formula is C16H20FN5O3S. The molecule has 1 heterocycles. The van der Waals surface area contributed by atoms with E-state index in [1.54, 1.807) is 6.07 Å². The SMILES string of the molecule is CNS(=O)(=O)c1cc(NC(=O)Nc2cc(C3CCCC3)[nH]n2)ccc1F. The lowest BCUT2D eigenvalue weighted by atomic mass is 10.0. The number of carbonyl (C=O) groups excluding carboxylic acids is 1. The third-order valence-electron chi connectivity index (χ3n) is 4.38. The van der Waals surface area contributed by atoms with Gasteiger partial charge in [0.15, 0.2) is 5.82 Å². The van der Waals surface area contributed by atoms with Crippen LogP contribution in [0.15, 0.2) is 29.2 Å². The first-order valence-electron chi connectivity index (χ1n) is 8.25. The zero-order valence-electron chi connectivity index (χ0n) is 14.2. The second-order valence-corrected chi connectivity index (χ2v) is 7.98. The largest absolute Gasteiger partial charge is 0.324 e. The molecule has 2 aromatic rings.